The molecule has 0 bridgehead atoms. The first kappa shape index (κ1) is 22.4. The van der Waals surface area contributed by atoms with Crippen LogP contribution in [0.4, 0.5) is 0 Å². The third kappa shape index (κ3) is 6.09. The lowest BCUT2D eigenvalue weighted by atomic mass is 10.1. The normalized spacial score (nSPS) is 13.2. The molecule has 8 heteroatoms. The number of thiazole rings is 1. The molecule has 1 heterocycles. The van der Waals surface area contributed by atoms with Gasteiger partial charge >= 0.3 is 4.87 Å². The second-order valence-electron chi connectivity index (χ2n) is 6.67. The number of aromatic amines is 1. The molecule has 2 aromatic carbocycles. The van der Waals surface area contributed by atoms with Crippen LogP contribution in [-0.4, -0.2) is 30.1 Å². The average Bonchev–Trinajstić information content (AvgIpc) is 3.06. The van der Waals surface area contributed by atoms with Crippen molar-refractivity contribution in [3.63, 3.8) is 0 Å². The first-order valence-electron chi connectivity index (χ1n) is 9.55. The van der Waals surface area contributed by atoms with Crippen molar-refractivity contribution < 1.29 is 19.3 Å². The molecule has 2 atom stereocenters. The highest BCUT2D eigenvalue weighted by molar-refractivity contribution is 7.09. The molecular weight excluding hydrogens is 426 g/mol. The Kier molecular flexibility index (Phi) is 7.93. The second kappa shape index (κ2) is 10.6. The Bertz CT molecular complexity index is 997. The van der Waals surface area contributed by atoms with Crippen molar-refractivity contribution >= 4 is 22.9 Å². The number of rotatable bonds is 10. The summed E-state index contributed by atoms with van der Waals surface area (Å²) in [5.41, 5.74) is 1.87. The number of benzene rings is 2. The summed E-state index contributed by atoms with van der Waals surface area (Å²) < 4.78 is 17.4. The smallest absolute Gasteiger partial charge is 0.307 e. The van der Waals surface area contributed by atoms with Gasteiger partial charge in [-0.3, -0.25) is 9.78 Å². The second-order valence-corrected chi connectivity index (χ2v) is 8.18. The zero-order valence-corrected chi connectivity index (χ0v) is 18.3. The Labute approximate surface area is 184 Å². The lowest BCUT2D eigenvalue weighted by molar-refractivity contribution is -0.165. The van der Waals surface area contributed by atoms with Crippen molar-refractivity contribution in [3.8, 4) is 11.6 Å². The van der Waals surface area contributed by atoms with Crippen molar-refractivity contribution in [2.45, 2.75) is 32.2 Å². The molecular formula is C22H24ClNO5S. The fourth-order valence-electron chi connectivity index (χ4n) is 2.96. The van der Waals surface area contributed by atoms with Crippen LogP contribution in [0.3, 0.4) is 0 Å². The standard InChI is InChI=1S/C22H24ClNO5S/c1-3-20(27-2)29-18(15-5-4-6-16(23)12-15)13-28-17-9-7-14(8-10-17)11-19-21(25)24-22(26)30-19/h4-10,12,18,20,25H,3,11,13H2,1-2H3,(H,24,26). The van der Waals surface area contributed by atoms with Gasteiger partial charge in [0.1, 0.15) is 18.5 Å². The first-order valence-corrected chi connectivity index (χ1v) is 10.7. The van der Waals surface area contributed by atoms with Crippen LogP contribution in [0.2, 0.25) is 5.02 Å². The van der Waals surface area contributed by atoms with Crippen LogP contribution in [0.15, 0.2) is 53.3 Å². The summed E-state index contributed by atoms with van der Waals surface area (Å²) in [6, 6.07) is 15.0. The van der Waals surface area contributed by atoms with Crippen molar-refractivity contribution in [1.29, 1.82) is 0 Å². The largest absolute Gasteiger partial charge is 0.494 e. The van der Waals surface area contributed by atoms with Gasteiger partial charge in [-0.1, -0.05) is 54.1 Å². The van der Waals surface area contributed by atoms with Gasteiger partial charge in [0.2, 0.25) is 5.88 Å². The summed E-state index contributed by atoms with van der Waals surface area (Å²) in [5, 5.41) is 10.4. The molecule has 160 valence electrons. The van der Waals surface area contributed by atoms with Crippen LogP contribution in [0.5, 0.6) is 11.6 Å². The number of ether oxygens (including phenoxy) is 3. The molecule has 0 aliphatic carbocycles. The van der Waals surface area contributed by atoms with E-state index in [4.69, 9.17) is 25.8 Å². The number of hydrogen-bond acceptors (Lipinski definition) is 6. The zero-order chi connectivity index (χ0) is 21.5. The maximum atomic E-state index is 11.3. The highest BCUT2D eigenvalue weighted by Crippen LogP contribution is 2.26. The third-order valence-electron chi connectivity index (χ3n) is 4.52. The molecule has 30 heavy (non-hydrogen) atoms. The Balaban J connectivity index is 1.67. The highest BCUT2D eigenvalue weighted by atomic mass is 35.5. The Morgan fingerprint density at radius 1 is 1.20 bits per heavy atom. The molecule has 2 unspecified atom stereocenters. The average molecular weight is 450 g/mol. The Morgan fingerprint density at radius 2 is 1.97 bits per heavy atom. The molecule has 0 amide bonds. The van der Waals surface area contributed by atoms with E-state index in [0.717, 1.165) is 22.5 Å². The summed E-state index contributed by atoms with van der Waals surface area (Å²) in [4.78, 5) is 14.0. The van der Waals surface area contributed by atoms with Crippen LogP contribution >= 0.6 is 22.9 Å². The van der Waals surface area contributed by atoms with Crippen molar-refractivity contribution in [2.24, 2.45) is 0 Å². The van der Waals surface area contributed by atoms with Gasteiger partial charge in [0, 0.05) is 18.6 Å². The van der Waals surface area contributed by atoms with E-state index in [9.17, 15) is 9.90 Å². The zero-order valence-electron chi connectivity index (χ0n) is 16.8. The predicted molar refractivity (Wildman–Crippen MR) is 118 cm³/mol. The van der Waals surface area contributed by atoms with Gasteiger partial charge in [-0.05, 0) is 41.8 Å². The molecule has 3 aromatic rings. The number of nitrogens with one attached hydrogen (secondary N) is 1. The van der Waals surface area contributed by atoms with E-state index in [2.05, 4.69) is 4.98 Å². The fourth-order valence-corrected chi connectivity index (χ4v) is 3.91. The van der Waals surface area contributed by atoms with Crippen molar-refractivity contribution in [2.75, 3.05) is 13.7 Å². The van der Waals surface area contributed by atoms with Gasteiger partial charge in [-0.15, -0.1) is 0 Å². The number of methoxy groups -OCH3 is 1. The highest BCUT2D eigenvalue weighted by Gasteiger charge is 2.19. The number of hydrogen-bond donors (Lipinski definition) is 2. The van der Waals surface area contributed by atoms with E-state index in [-0.39, 0.29) is 23.1 Å². The molecule has 0 radical (unpaired) electrons. The van der Waals surface area contributed by atoms with Crippen LogP contribution in [0.25, 0.3) is 0 Å². The van der Waals surface area contributed by atoms with Gasteiger partial charge in [0.25, 0.3) is 0 Å². The number of aromatic hydroxyl groups is 1. The van der Waals surface area contributed by atoms with E-state index in [1.807, 2.05) is 55.5 Å². The molecule has 3 rings (SSSR count). The number of halogens is 1. The van der Waals surface area contributed by atoms with Crippen molar-refractivity contribution in [3.05, 3.63) is 79.2 Å². The van der Waals surface area contributed by atoms with Gasteiger partial charge in [-0.25, -0.2) is 0 Å². The molecule has 0 saturated carbocycles. The first-order chi connectivity index (χ1) is 14.5. The summed E-state index contributed by atoms with van der Waals surface area (Å²) in [5.74, 6) is 0.613. The maximum absolute atomic E-state index is 11.3. The fraction of sp³-hybridized carbons (Fsp3) is 0.318. The topological polar surface area (TPSA) is 80.8 Å². The van der Waals surface area contributed by atoms with E-state index >= 15 is 0 Å². The molecule has 6 nitrogen and oxygen atoms in total. The summed E-state index contributed by atoms with van der Waals surface area (Å²) >= 11 is 7.15. The Hall–Kier alpha value is -2.32. The molecule has 0 fully saturated rings. The molecule has 2 N–H and O–H groups in total. The minimum atomic E-state index is -0.346. The van der Waals surface area contributed by atoms with Gasteiger partial charge in [0.05, 0.1) is 4.88 Å². The Morgan fingerprint density at radius 3 is 2.57 bits per heavy atom. The SMILES string of the molecule is CCC(OC)OC(COc1ccc(Cc2sc(=O)[nH]c2O)cc1)c1cccc(Cl)c1. The van der Waals surface area contributed by atoms with Crippen LogP contribution in [0, 0.1) is 0 Å². The van der Waals surface area contributed by atoms with E-state index < -0.39 is 0 Å². The summed E-state index contributed by atoms with van der Waals surface area (Å²) in [6.45, 7) is 2.28. The monoisotopic (exact) mass is 449 g/mol. The lowest BCUT2D eigenvalue weighted by Gasteiger charge is -2.24. The van der Waals surface area contributed by atoms with Crippen LogP contribution < -0.4 is 9.61 Å². The minimum Gasteiger partial charge on any atom is -0.494 e. The lowest BCUT2D eigenvalue weighted by Crippen LogP contribution is -2.22. The summed E-state index contributed by atoms with van der Waals surface area (Å²) in [6.07, 6.45) is 0.485. The van der Waals surface area contributed by atoms with E-state index in [0.29, 0.717) is 35.1 Å². The van der Waals surface area contributed by atoms with Crippen LogP contribution in [0.1, 0.15) is 35.5 Å². The van der Waals surface area contributed by atoms with E-state index in [1.165, 1.54) is 0 Å². The van der Waals surface area contributed by atoms with E-state index in [1.54, 1.807) is 7.11 Å². The van der Waals surface area contributed by atoms with Crippen molar-refractivity contribution in [1.82, 2.24) is 4.98 Å². The van der Waals surface area contributed by atoms with Gasteiger partial charge < -0.3 is 19.3 Å². The molecule has 1 aromatic heterocycles. The quantitative estimate of drug-likeness (QED) is 0.430. The molecule has 0 aliphatic heterocycles. The molecule has 0 aliphatic rings. The number of aromatic nitrogens is 1. The van der Waals surface area contributed by atoms with Gasteiger partial charge in [-0.2, -0.15) is 0 Å². The minimum absolute atomic E-state index is 0.0736. The predicted octanol–water partition coefficient (Wildman–Crippen LogP) is 4.91. The summed E-state index contributed by atoms with van der Waals surface area (Å²) in [7, 11) is 1.61. The third-order valence-corrected chi connectivity index (χ3v) is 5.63. The number of H-pyrrole nitrogens is 1. The van der Waals surface area contributed by atoms with Crippen LogP contribution in [-0.2, 0) is 15.9 Å². The molecule has 0 saturated heterocycles. The maximum Gasteiger partial charge on any atom is 0.307 e. The van der Waals surface area contributed by atoms with Gasteiger partial charge in [0.15, 0.2) is 6.29 Å². The molecule has 0 spiro atoms.